The lowest BCUT2D eigenvalue weighted by atomic mass is 9.86. The van der Waals surface area contributed by atoms with Crippen LogP contribution in [0, 0.1) is 5.92 Å². The Bertz CT molecular complexity index is 1950. The second-order valence-corrected chi connectivity index (χ2v) is 16.6. The number of unbranched alkanes of at least 4 members (excludes halogenated alkanes) is 9. The molecule has 0 radical (unpaired) electrons. The van der Waals surface area contributed by atoms with Gasteiger partial charge in [0.2, 0.25) is 11.8 Å². The van der Waals surface area contributed by atoms with Gasteiger partial charge in [-0.25, -0.2) is 4.79 Å². The van der Waals surface area contributed by atoms with Crippen LogP contribution in [-0.2, 0) is 27.5 Å². The molecule has 4 aromatic carbocycles. The monoisotopic (exact) mass is 800 g/mol. The number of amides is 4. The van der Waals surface area contributed by atoms with Crippen molar-refractivity contribution in [2.24, 2.45) is 5.92 Å². The highest BCUT2D eigenvalue weighted by Crippen LogP contribution is 2.36. The average molecular weight is 801 g/mol. The van der Waals surface area contributed by atoms with Gasteiger partial charge in [-0.1, -0.05) is 169 Å². The van der Waals surface area contributed by atoms with Crippen LogP contribution < -0.4 is 10.1 Å². The lowest BCUT2D eigenvalue weighted by molar-refractivity contribution is -0.175. The van der Waals surface area contributed by atoms with E-state index in [1.54, 1.807) is 21.9 Å². The molecule has 2 unspecified atom stereocenters. The molecule has 4 amide bonds. The lowest BCUT2D eigenvalue weighted by Gasteiger charge is -2.56. The molecule has 2 heterocycles. The zero-order chi connectivity index (χ0) is 41.4. The van der Waals surface area contributed by atoms with E-state index in [1.165, 1.54) is 44.9 Å². The van der Waals surface area contributed by atoms with Gasteiger partial charge in [0.25, 0.3) is 0 Å². The third-order valence-electron chi connectivity index (χ3n) is 12.3. The molecule has 2 aliphatic rings. The molecule has 0 aromatic heterocycles. The third kappa shape index (κ3) is 12.0. The van der Waals surface area contributed by atoms with Gasteiger partial charge >= 0.3 is 12.0 Å². The first-order valence-electron chi connectivity index (χ1n) is 22.3. The molecule has 0 bridgehead atoms. The number of benzene rings is 4. The van der Waals surface area contributed by atoms with Crippen LogP contribution in [0.1, 0.15) is 121 Å². The summed E-state index contributed by atoms with van der Waals surface area (Å²) in [4.78, 5) is 61.8. The summed E-state index contributed by atoms with van der Waals surface area (Å²) in [6.45, 7) is 5.18. The first kappa shape index (κ1) is 43.4. The molecule has 4 atom stereocenters. The van der Waals surface area contributed by atoms with Crippen LogP contribution >= 0.6 is 0 Å². The summed E-state index contributed by atoms with van der Waals surface area (Å²) >= 11 is 0. The number of rotatable bonds is 21. The minimum atomic E-state index is -0.776. The lowest BCUT2D eigenvalue weighted by Crippen LogP contribution is -2.75. The van der Waals surface area contributed by atoms with Gasteiger partial charge < -0.3 is 24.8 Å². The fraction of sp³-hybridized carbons (Fsp3) is 0.480. The summed E-state index contributed by atoms with van der Waals surface area (Å²) in [5, 5.41) is 5.26. The number of esters is 1. The van der Waals surface area contributed by atoms with Crippen molar-refractivity contribution in [1.82, 2.24) is 20.0 Å². The van der Waals surface area contributed by atoms with Crippen molar-refractivity contribution in [2.75, 3.05) is 6.54 Å². The van der Waals surface area contributed by atoms with E-state index in [0.29, 0.717) is 31.7 Å². The van der Waals surface area contributed by atoms with E-state index in [9.17, 15) is 14.4 Å². The van der Waals surface area contributed by atoms with Crippen molar-refractivity contribution in [3.05, 3.63) is 114 Å². The Labute approximate surface area is 351 Å². The summed E-state index contributed by atoms with van der Waals surface area (Å²) in [5.41, 5.74) is 2.00. The number of fused-ring (bicyclic) bond motifs is 2. The molecule has 4 aromatic rings. The fourth-order valence-electron chi connectivity index (χ4n) is 9.05. The summed E-state index contributed by atoms with van der Waals surface area (Å²) in [7, 11) is 0. The van der Waals surface area contributed by atoms with E-state index < -0.39 is 18.2 Å². The number of piperazine rings is 1. The molecule has 0 saturated carbocycles. The molecule has 6 rings (SSSR count). The van der Waals surface area contributed by atoms with Gasteiger partial charge in [-0.05, 0) is 59.7 Å². The maximum absolute atomic E-state index is 15.0. The average Bonchev–Trinajstić information content (AvgIpc) is 3.26. The number of carbonyl (C=O) groups excluding carboxylic acids is 4. The van der Waals surface area contributed by atoms with Crippen molar-refractivity contribution >= 4 is 34.6 Å². The largest absolute Gasteiger partial charge is 0.427 e. The molecule has 1 N–H and O–H groups in total. The van der Waals surface area contributed by atoms with E-state index in [-0.39, 0.29) is 49.1 Å². The fourth-order valence-corrected chi connectivity index (χ4v) is 9.05. The van der Waals surface area contributed by atoms with Crippen molar-refractivity contribution in [3.8, 4) is 5.75 Å². The van der Waals surface area contributed by atoms with Crippen molar-refractivity contribution in [3.63, 3.8) is 0 Å². The van der Waals surface area contributed by atoms with Crippen LogP contribution in [0.5, 0.6) is 5.75 Å². The Morgan fingerprint density at radius 3 is 2.14 bits per heavy atom. The Kier molecular flexibility index (Phi) is 16.4. The van der Waals surface area contributed by atoms with E-state index in [4.69, 9.17) is 4.74 Å². The normalized spacial score (nSPS) is 18.5. The molecule has 9 nitrogen and oxygen atoms in total. The Morgan fingerprint density at radius 2 is 1.41 bits per heavy atom. The maximum Gasteiger partial charge on any atom is 0.319 e. The van der Waals surface area contributed by atoms with E-state index in [0.717, 1.165) is 47.6 Å². The molecular weight excluding hydrogens is 737 g/mol. The van der Waals surface area contributed by atoms with Gasteiger partial charge in [-0.3, -0.25) is 14.4 Å². The summed E-state index contributed by atoms with van der Waals surface area (Å²) < 4.78 is 5.68. The van der Waals surface area contributed by atoms with Gasteiger partial charge in [0.15, 0.2) is 0 Å². The molecule has 2 aliphatic heterocycles. The zero-order valence-electron chi connectivity index (χ0n) is 35.2. The van der Waals surface area contributed by atoms with Crippen LogP contribution in [0.15, 0.2) is 103 Å². The number of nitrogens with one attached hydrogen (secondary N) is 1. The van der Waals surface area contributed by atoms with Crippen molar-refractivity contribution in [2.45, 2.75) is 141 Å². The van der Waals surface area contributed by atoms with Gasteiger partial charge in [-0.15, -0.1) is 0 Å². The predicted molar refractivity (Wildman–Crippen MR) is 234 cm³/mol. The van der Waals surface area contributed by atoms with Crippen LogP contribution in [0.4, 0.5) is 4.79 Å². The molecule has 59 heavy (non-hydrogen) atoms. The summed E-state index contributed by atoms with van der Waals surface area (Å²) in [6.07, 6.45) is 13.7. The molecule has 314 valence electrons. The number of carbonyl (C=O) groups is 4. The Morgan fingerprint density at radius 1 is 0.763 bits per heavy atom. The van der Waals surface area contributed by atoms with Gasteiger partial charge in [-0.2, -0.15) is 0 Å². The summed E-state index contributed by atoms with van der Waals surface area (Å²) in [6, 6.07) is 31.7. The minimum Gasteiger partial charge on any atom is -0.427 e. The van der Waals surface area contributed by atoms with Gasteiger partial charge in [0, 0.05) is 32.5 Å². The molecule has 2 fully saturated rings. The first-order chi connectivity index (χ1) is 28.8. The molecule has 9 heteroatoms. The summed E-state index contributed by atoms with van der Waals surface area (Å²) in [5.74, 6) is -0.0278. The highest BCUT2D eigenvalue weighted by atomic mass is 16.5. The van der Waals surface area contributed by atoms with E-state index in [2.05, 4.69) is 36.5 Å². The predicted octanol–water partition coefficient (Wildman–Crippen LogP) is 10.4. The van der Waals surface area contributed by atoms with Gasteiger partial charge in [0.1, 0.15) is 18.0 Å². The van der Waals surface area contributed by atoms with Crippen LogP contribution in [0.3, 0.4) is 0 Å². The molecule has 0 spiro atoms. The number of hydrogen-bond acceptors (Lipinski definition) is 5. The zero-order valence-corrected chi connectivity index (χ0v) is 35.2. The molecule has 2 saturated heterocycles. The second-order valence-electron chi connectivity index (χ2n) is 16.6. The molecule has 0 aliphatic carbocycles. The second kappa shape index (κ2) is 22.3. The topological polar surface area (TPSA) is 99.3 Å². The maximum atomic E-state index is 15.0. The smallest absolute Gasteiger partial charge is 0.319 e. The SMILES string of the molecule is CCCCCCCCCCCCC(CCC(=O)Oc1ccccc1)C[C@H]1C(=O)N(Cc2cccc3ccccc23)[C@@H](C)C2N(C(=O)NCc3ccccc3)CCC(=O)N21. The third-order valence-corrected chi connectivity index (χ3v) is 12.3. The highest BCUT2D eigenvalue weighted by molar-refractivity contribution is 5.92. The standard InChI is InChI=1S/C50H64N4O5/c1-3-4-5-6-7-8-9-10-11-14-22-39(31-32-47(56)59-43-28-17-13-18-29-43)35-45-49(57)53(37-42-27-21-26-41-25-19-20-30-44(41)42)38(2)48-52(34-33-46(55)54(45)48)50(58)51-36-40-23-15-12-16-24-40/h12-13,15-21,23-30,38-39,45,48H,3-11,14,22,31-37H2,1-2H3,(H,51,58)/t38-,39?,45-,48?/m0/s1. The van der Waals surface area contributed by atoms with Crippen LogP contribution in [-0.4, -0.2) is 63.3 Å². The van der Waals surface area contributed by atoms with E-state index in [1.807, 2.05) is 78.6 Å². The minimum absolute atomic E-state index is 0.00939. The number of para-hydroxylation sites is 1. The number of hydrogen-bond donors (Lipinski definition) is 1. The highest BCUT2D eigenvalue weighted by Gasteiger charge is 2.52. The number of urea groups is 1. The number of ether oxygens (including phenoxy) is 1. The van der Waals surface area contributed by atoms with Crippen molar-refractivity contribution in [1.29, 1.82) is 0 Å². The Balaban J connectivity index is 1.23. The molecular formula is C50H64N4O5. The number of nitrogens with zero attached hydrogens (tertiary/aromatic N) is 3. The van der Waals surface area contributed by atoms with Crippen LogP contribution in [0.25, 0.3) is 10.8 Å². The first-order valence-corrected chi connectivity index (χ1v) is 22.3. The Hall–Kier alpha value is -5.18. The van der Waals surface area contributed by atoms with Gasteiger partial charge in [0.05, 0.1) is 6.04 Å². The van der Waals surface area contributed by atoms with Crippen molar-refractivity contribution < 1.29 is 23.9 Å². The quantitative estimate of drug-likeness (QED) is 0.0514. The van der Waals surface area contributed by atoms with E-state index >= 15 is 4.79 Å². The van der Waals surface area contributed by atoms with Crippen LogP contribution in [0.2, 0.25) is 0 Å².